The number of rotatable bonds is 1. The lowest BCUT2D eigenvalue weighted by Gasteiger charge is -2.16. The van der Waals surface area contributed by atoms with Crippen molar-refractivity contribution in [1.29, 1.82) is 0 Å². The summed E-state index contributed by atoms with van der Waals surface area (Å²) >= 11 is 0. The van der Waals surface area contributed by atoms with Gasteiger partial charge in [-0.2, -0.15) is 0 Å². The van der Waals surface area contributed by atoms with Crippen LogP contribution in [0.4, 0.5) is 0 Å². The van der Waals surface area contributed by atoms with Crippen molar-refractivity contribution in [3.05, 3.63) is 12.0 Å². The second kappa shape index (κ2) is 2.50. The molecular weight excluding hydrogens is 124 g/mol. The second-order valence-electron chi connectivity index (χ2n) is 1.54. The summed E-state index contributed by atoms with van der Waals surface area (Å²) in [6, 6.07) is 0. The molecule has 9 heavy (non-hydrogen) atoms. The molecule has 0 aromatic rings. The van der Waals surface area contributed by atoms with E-state index in [-0.39, 0.29) is 12.4 Å². The SMILES string of the molecule is O=CC1=COC(O)CO1. The summed E-state index contributed by atoms with van der Waals surface area (Å²) in [5.74, 6) is 0.111. The van der Waals surface area contributed by atoms with Gasteiger partial charge in [-0.1, -0.05) is 0 Å². The van der Waals surface area contributed by atoms with Crippen LogP contribution in [0.5, 0.6) is 0 Å². The highest BCUT2D eigenvalue weighted by molar-refractivity contribution is 5.69. The molecule has 1 unspecified atom stereocenters. The minimum Gasteiger partial charge on any atom is -0.481 e. The predicted molar refractivity (Wildman–Crippen MR) is 27.2 cm³/mol. The van der Waals surface area contributed by atoms with Crippen molar-refractivity contribution in [1.82, 2.24) is 0 Å². The Morgan fingerprint density at radius 1 is 1.89 bits per heavy atom. The van der Waals surface area contributed by atoms with Crippen LogP contribution >= 0.6 is 0 Å². The lowest BCUT2D eigenvalue weighted by molar-refractivity contribution is -0.126. The smallest absolute Gasteiger partial charge is 0.231 e. The zero-order valence-electron chi connectivity index (χ0n) is 4.61. The summed E-state index contributed by atoms with van der Waals surface area (Å²) in [5.41, 5.74) is 0. The van der Waals surface area contributed by atoms with E-state index in [1.807, 2.05) is 0 Å². The standard InChI is InChI=1S/C5H6O4/c6-1-4-2-9-5(7)3-8-4/h1-2,5,7H,3H2. The summed E-state index contributed by atoms with van der Waals surface area (Å²) in [7, 11) is 0. The minimum atomic E-state index is -0.936. The van der Waals surface area contributed by atoms with Gasteiger partial charge in [0.2, 0.25) is 6.29 Å². The van der Waals surface area contributed by atoms with E-state index in [4.69, 9.17) is 5.11 Å². The fraction of sp³-hybridized carbons (Fsp3) is 0.400. The molecule has 1 atom stereocenters. The highest BCUT2D eigenvalue weighted by atomic mass is 16.6. The zero-order valence-corrected chi connectivity index (χ0v) is 4.61. The van der Waals surface area contributed by atoms with Crippen molar-refractivity contribution in [3.8, 4) is 0 Å². The van der Waals surface area contributed by atoms with Gasteiger partial charge in [-0.05, 0) is 0 Å². The van der Waals surface area contributed by atoms with Gasteiger partial charge in [0.05, 0.1) is 0 Å². The second-order valence-corrected chi connectivity index (χ2v) is 1.54. The molecule has 4 nitrogen and oxygen atoms in total. The number of allylic oxidation sites excluding steroid dienone is 1. The number of aliphatic hydroxyl groups excluding tert-OH is 1. The maximum atomic E-state index is 9.91. The molecule has 4 heteroatoms. The number of hydrogen-bond donors (Lipinski definition) is 1. The number of aldehydes is 1. The topological polar surface area (TPSA) is 55.8 Å². The third-order valence-corrected chi connectivity index (χ3v) is 0.850. The Hall–Kier alpha value is -1.03. The van der Waals surface area contributed by atoms with Crippen molar-refractivity contribution in [2.45, 2.75) is 6.29 Å². The van der Waals surface area contributed by atoms with E-state index < -0.39 is 6.29 Å². The molecule has 50 valence electrons. The lowest BCUT2D eigenvalue weighted by atomic mass is 10.5. The molecule has 1 N–H and O–H groups in total. The average Bonchev–Trinajstić information content (AvgIpc) is 1.90. The largest absolute Gasteiger partial charge is 0.481 e. The first-order chi connectivity index (χ1) is 4.33. The van der Waals surface area contributed by atoms with Crippen LogP contribution in [0.2, 0.25) is 0 Å². The monoisotopic (exact) mass is 130 g/mol. The number of hydrogen-bond acceptors (Lipinski definition) is 4. The summed E-state index contributed by atoms with van der Waals surface area (Å²) in [5, 5.41) is 8.61. The molecule has 0 fully saturated rings. The lowest BCUT2D eigenvalue weighted by Crippen LogP contribution is -2.21. The van der Waals surface area contributed by atoms with Crippen LogP contribution < -0.4 is 0 Å². The number of carbonyl (C=O) groups excluding carboxylic acids is 1. The van der Waals surface area contributed by atoms with E-state index in [9.17, 15) is 4.79 Å². The molecule has 0 saturated heterocycles. The van der Waals surface area contributed by atoms with E-state index in [2.05, 4.69) is 9.47 Å². The van der Waals surface area contributed by atoms with E-state index in [0.717, 1.165) is 6.26 Å². The van der Waals surface area contributed by atoms with E-state index >= 15 is 0 Å². The maximum absolute atomic E-state index is 9.91. The van der Waals surface area contributed by atoms with Crippen molar-refractivity contribution in [2.75, 3.05) is 6.61 Å². The van der Waals surface area contributed by atoms with Crippen LogP contribution in [0.1, 0.15) is 0 Å². The first kappa shape index (κ1) is 6.10. The zero-order chi connectivity index (χ0) is 6.69. The molecular formula is C5H6O4. The summed E-state index contributed by atoms with van der Waals surface area (Å²) in [6.07, 6.45) is 0.668. The molecule has 0 amide bonds. The van der Waals surface area contributed by atoms with Crippen LogP contribution in [0, 0.1) is 0 Å². The molecule has 1 aliphatic rings. The van der Waals surface area contributed by atoms with Gasteiger partial charge in [0.25, 0.3) is 0 Å². The van der Waals surface area contributed by atoms with Gasteiger partial charge in [-0.3, -0.25) is 4.79 Å². The Labute approximate surface area is 51.7 Å². The number of carbonyl (C=O) groups is 1. The van der Waals surface area contributed by atoms with Crippen molar-refractivity contribution >= 4 is 6.29 Å². The Bertz CT molecular complexity index is 140. The van der Waals surface area contributed by atoms with Gasteiger partial charge >= 0.3 is 0 Å². The Kier molecular flexibility index (Phi) is 1.69. The first-order valence-electron chi connectivity index (χ1n) is 2.44. The molecule has 0 spiro atoms. The van der Waals surface area contributed by atoms with Crippen LogP contribution in [-0.2, 0) is 14.3 Å². The van der Waals surface area contributed by atoms with Crippen LogP contribution in [-0.4, -0.2) is 24.3 Å². The van der Waals surface area contributed by atoms with Gasteiger partial charge in [-0.15, -0.1) is 0 Å². The minimum absolute atomic E-state index is 0.0184. The average molecular weight is 130 g/mol. The van der Waals surface area contributed by atoms with Crippen LogP contribution in [0.25, 0.3) is 0 Å². The van der Waals surface area contributed by atoms with Crippen molar-refractivity contribution in [2.24, 2.45) is 0 Å². The Balaban J connectivity index is 2.49. The number of ether oxygens (including phenoxy) is 2. The van der Waals surface area contributed by atoms with Gasteiger partial charge in [-0.25, -0.2) is 0 Å². The molecule has 0 aromatic heterocycles. The highest BCUT2D eigenvalue weighted by Gasteiger charge is 2.11. The van der Waals surface area contributed by atoms with E-state index in [1.165, 1.54) is 0 Å². The third-order valence-electron chi connectivity index (χ3n) is 0.850. The Morgan fingerprint density at radius 3 is 3.11 bits per heavy atom. The molecule has 0 bridgehead atoms. The van der Waals surface area contributed by atoms with Gasteiger partial charge in [0.1, 0.15) is 6.26 Å². The summed E-state index contributed by atoms with van der Waals surface area (Å²) in [6.45, 7) is 0.0184. The van der Waals surface area contributed by atoms with Crippen molar-refractivity contribution < 1.29 is 19.4 Å². The molecule has 0 radical (unpaired) electrons. The van der Waals surface area contributed by atoms with Gasteiger partial charge in [0, 0.05) is 0 Å². The Morgan fingerprint density at radius 2 is 2.67 bits per heavy atom. The maximum Gasteiger partial charge on any atom is 0.231 e. The fourth-order valence-corrected chi connectivity index (χ4v) is 0.448. The molecule has 1 aliphatic heterocycles. The van der Waals surface area contributed by atoms with E-state index in [1.54, 1.807) is 0 Å². The number of aliphatic hydroxyl groups is 1. The van der Waals surface area contributed by atoms with Gasteiger partial charge in [0.15, 0.2) is 18.7 Å². The third kappa shape index (κ3) is 1.43. The van der Waals surface area contributed by atoms with Crippen molar-refractivity contribution in [3.63, 3.8) is 0 Å². The predicted octanol–water partition coefficient (Wildman–Crippen LogP) is -0.608. The molecule has 0 saturated carbocycles. The molecule has 0 aromatic carbocycles. The quantitative estimate of drug-likeness (QED) is 0.481. The normalized spacial score (nSPS) is 25.4. The van der Waals surface area contributed by atoms with Crippen LogP contribution in [0.15, 0.2) is 12.0 Å². The van der Waals surface area contributed by atoms with Crippen LogP contribution in [0.3, 0.4) is 0 Å². The molecule has 1 heterocycles. The highest BCUT2D eigenvalue weighted by Crippen LogP contribution is 2.04. The fourth-order valence-electron chi connectivity index (χ4n) is 0.448. The summed E-state index contributed by atoms with van der Waals surface area (Å²) in [4.78, 5) is 9.91. The first-order valence-corrected chi connectivity index (χ1v) is 2.44. The van der Waals surface area contributed by atoms with Gasteiger partial charge < -0.3 is 14.6 Å². The molecule has 1 rings (SSSR count). The van der Waals surface area contributed by atoms with E-state index in [0.29, 0.717) is 6.29 Å². The summed E-state index contributed by atoms with van der Waals surface area (Å²) < 4.78 is 9.18. The molecule has 0 aliphatic carbocycles.